The van der Waals surface area contributed by atoms with Crippen LogP contribution in [0.15, 0.2) is 34.2 Å². The van der Waals surface area contributed by atoms with Crippen molar-refractivity contribution in [3.05, 3.63) is 35.3 Å². The van der Waals surface area contributed by atoms with E-state index in [2.05, 4.69) is 0 Å². The molecule has 1 aliphatic carbocycles. The fraction of sp³-hybridized carbons (Fsp3) is 0.600. The van der Waals surface area contributed by atoms with Crippen molar-refractivity contribution in [1.29, 1.82) is 0 Å². The van der Waals surface area contributed by atoms with Crippen molar-refractivity contribution in [2.45, 2.75) is 57.0 Å². The van der Waals surface area contributed by atoms with E-state index in [-0.39, 0.29) is 31.0 Å². The highest BCUT2D eigenvalue weighted by Crippen LogP contribution is 2.60. The molecule has 0 bridgehead atoms. The van der Waals surface area contributed by atoms with Gasteiger partial charge in [0.15, 0.2) is 5.79 Å². The quantitative estimate of drug-likeness (QED) is 0.512. The second kappa shape index (κ2) is 6.72. The van der Waals surface area contributed by atoms with Gasteiger partial charge in [-0.3, -0.25) is 4.79 Å². The van der Waals surface area contributed by atoms with Crippen LogP contribution in [0.25, 0.3) is 0 Å². The number of aliphatic carboxylic acids is 1. The number of carbonyl (C=O) groups excluding carboxylic acids is 1. The van der Waals surface area contributed by atoms with E-state index < -0.39 is 35.3 Å². The molecule has 3 fully saturated rings. The van der Waals surface area contributed by atoms with Crippen molar-refractivity contribution in [3.63, 3.8) is 0 Å². The molecule has 4 rings (SSSR count). The Morgan fingerprint density at radius 2 is 2.21 bits per heavy atom. The molecule has 1 aromatic rings. The number of esters is 1. The minimum Gasteiger partial charge on any atom is -0.478 e. The zero-order valence-electron chi connectivity index (χ0n) is 15.6. The van der Waals surface area contributed by atoms with Gasteiger partial charge >= 0.3 is 11.9 Å². The van der Waals surface area contributed by atoms with Crippen LogP contribution in [-0.2, 0) is 19.1 Å². The summed E-state index contributed by atoms with van der Waals surface area (Å²) in [4.78, 5) is 24.2. The lowest BCUT2D eigenvalue weighted by atomic mass is 9.63. The van der Waals surface area contributed by atoms with E-state index in [1.807, 2.05) is 0 Å². The predicted octanol–water partition coefficient (Wildman–Crippen LogP) is 1.93. The Kier molecular flexibility index (Phi) is 4.60. The number of cyclic esters (lactones) is 1. The van der Waals surface area contributed by atoms with Crippen LogP contribution in [0, 0.1) is 11.3 Å². The van der Waals surface area contributed by atoms with Gasteiger partial charge in [-0.15, -0.1) is 0 Å². The minimum atomic E-state index is -1.59. The molecule has 5 atom stereocenters. The Morgan fingerprint density at radius 1 is 1.43 bits per heavy atom. The number of carbonyl (C=O) groups is 2. The summed E-state index contributed by atoms with van der Waals surface area (Å²) in [6.07, 6.45) is 2.87. The second-order valence-corrected chi connectivity index (χ2v) is 8.08. The molecule has 0 unspecified atom stereocenters. The Balaban J connectivity index is 1.64. The number of rotatable bonds is 5. The number of ether oxygens (including phenoxy) is 2. The van der Waals surface area contributed by atoms with Crippen LogP contribution >= 0.6 is 0 Å². The van der Waals surface area contributed by atoms with E-state index in [0.717, 1.165) is 0 Å². The summed E-state index contributed by atoms with van der Waals surface area (Å²) in [6.45, 7) is 1.67. The highest BCUT2D eigenvalue weighted by Gasteiger charge is 2.70. The van der Waals surface area contributed by atoms with E-state index in [9.17, 15) is 24.9 Å². The van der Waals surface area contributed by atoms with Gasteiger partial charge in [-0.1, -0.05) is 5.57 Å². The maximum atomic E-state index is 12.2. The molecular weight excluding hydrogens is 368 g/mol. The topological polar surface area (TPSA) is 126 Å². The van der Waals surface area contributed by atoms with Crippen LogP contribution in [0.3, 0.4) is 0 Å². The third kappa shape index (κ3) is 2.78. The summed E-state index contributed by atoms with van der Waals surface area (Å²) in [5.41, 5.74) is 0.0959. The normalized spacial score (nSPS) is 36.3. The van der Waals surface area contributed by atoms with Gasteiger partial charge in [-0.05, 0) is 38.7 Å². The SMILES string of the molecule is CC(C[C@H](O)c1ccoc1)=C(C(=O)O)[C@H]1C[C@]23COC(=O)[C@H]2CCC[C@]3(O)O1. The van der Waals surface area contributed by atoms with Crippen LogP contribution in [-0.4, -0.2) is 45.8 Å². The molecule has 2 aliphatic heterocycles. The van der Waals surface area contributed by atoms with Crippen LogP contribution < -0.4 is 0 Å². The number of hydrogen-bond donors (Lipinski definition) is 3. The summed E-state index contributed by atoms with van der Waals surface area (Å²) in [5, 5.41) is 31.4. The maximum absolute atomic E-state index is 12.2. The number of carboxylic acid groups (broad SMARTS) is 1. The number of aliphatic hydroxyl groups is 2. The summed E-state index contributed by atoms with van der Waals surface area (Å²) in [6, 6.07) is 1.62. The molecule has 3 aliphatic rings. The van der Waals surface area contributed by atoms with Gasteiger partial charge in [0.05, 0.1) is 41.6 Å². The van der Waals surface area contributed by atoms with E-state index >= 15 is 0 Å². The Morgan fingerprint density at radius 3 is 2.89 bits per heavy atom. The first-order chi connectivity index (χ1) is 13.3. The molecule has 28 heavy (non-hydrogen) atoms. The molecule has 0 aromatic carbocycles. The van der Waals surface area contributed by atoms with Gasteiger partial charge in [-0.25, -0.2) is 4.79 Å². The van der Waals surface area contributed by atoms with Gasteiger partial charge in [0.25, 0.3) is 0 Å². The van der Waals surface area contributed by atoms with Crippen molar-refractivity contribution in [3.8, 4) is 0 Å². The fourth-order valence-corrected chi connectivity index (χ4v) is 5.08. The highest BCUT2D eigenvalue weighted by atomic mass is 16.6. The first-order valence-corrected chi connectivity index (χ1v) is 9.47. The average molecular weight is 392 g/mol. The molecule has 3 heterocycles. The zero-order chi connectivity index (χ0) is 20.1. The molecule has 0 radical (unpaired) electrons. The number of hydrogen-bond acceptors (Lipinski definition) is 7. The molecular formula is C20H24O8. The van der Waals surface area contributed by atoms with E-state index in [4.69, 9.17) is 13.9 Å². The first-order valence-electron chi connectivity index (χ1n) is 9.47. The van der Waals surface area contributed by atoms with E-state index in [0.29, 0.717) is 30.4 Å². The van der Waals surface area contributed by atoms with Crippen molar-refractivity contribution < 1.29 is 38.8 Å². The maximum Gasteiger partial charge on any atom is 0.334 e. The Bertz CT molecular complexity index is 812. The second-order valence-electron chi connectivity index (χ2n) is 8.08. The number of carboxylic acids is 1. The smallest absolute Gasteiger partial charge is 0.334 e. The minimum absolute atomic E-state index is 0.0119. The van der Waals surface area contributed by atoms with Crippen molar-refractivity contribution in [2.75, 3.05) is 6.61 Å². The van der Waals surface area contributed by atoms with Gasteiger partial charge in [0.2, 0.25) is 0 Å². The Labute approximate surface area is 161 Å². The summed E-state index contributed by atoms with van der Waals surface area (Å²) >= 11 is 0. The summed E-state index contributed by atoms with van der Waals surface area (Å²) in [7, 11) is 0. The summed E-state index contributed by atoms with van der Waals surface area (Å²) in [5.74, 6) is -3.59. The lowest BCUT2D eigenvalue weighted by molar-refractivity contribution is -0.258. The molecule has 1 saturated carbocycles. The van der Waals surface area contributed by atoms with Crippen molar-refractivity contribution in [2.24, 2.45) is 11.3 Å². The van der Waals surface area contributed by atoms with Crippen LogP contribution in [0.4, 0.5) is 0 Å². The lowest BCUT2D eigenvalue weighted by Gasteiger charge is -2.42. The predicted molar refractivity (Wildman–Crippen MR) is 93.8 cm³/mol. The van der Waals surface area contributed by atoms with Crippen LogP contribution in [0.1, 0.15) is 50.7 Å². The third-order valence-corrected chi connectivity index (χ3v) is 6.54. The van der Waals surface area contributed by atoms with Gasteiger partial charge in [0, 0.05) is 12.0 Å². The monoisotopic (exact) mass is 392 g/mol. The zero-order valence-corrected chi connectivity index (χ0v) is 15.6. The van der Waals surface area contributed by atoms with Gasteiger partial charge < -0.3 is 29.2 Å². The number of aliphatic hydroxyl groups excluding tert-OH is 1. The summed E-state index contributed by atoms with van der Waals surface area (Å²) < 4.78 is 16.1. The fourth-order valence-electron chi connectivity index (χ4n) is 5.08. The lowest BCUT2D eigenvalue weighted by Crippen LogP contribution is -2.52. The Hall–Kier alpha value is -2.16. The molecule has 152 valence electrons. The molecule has 3 N–H and O–H groups in total. The molecule has 2 saturated heterocycles. The molecule has 0 amide bonds. The molecule has 1 aromatic heterocycles. The van der Waals surface area contributed by atoms with Gasteiger partial charge in [0.1, 0.15) is 6.61 Å². The van der Waals surface area contributed by atoms with Crippen LogP contribution in [0.5, 0.6) is 0 Å². The van der Waals surface area contributed by atoms with E-state index in [1.54, 1.807) is 13.0 Å². The third-order valence-electron chi connectivity index (χ3n) is 6.54. The highest BCUT2D eigenvalue weighted by molar-refractivity contribution is 5.89. The van der Waals surface area contributed by atoms with Crippen LogP contribution in [0.2, 0.25) is 0 Å². The molecule has 8 heteroatoms. The first kappa shape index (κ1) is 19.2. The number of furan rings is 1. The van der Waals surface area contributed by atoms with Gasteiger partial charge in [-0.2, -0.15) is 0 Å². The standard InChI is InChI=1S/C20H24O8/c1-11(7-14(21)12-4-6-26-9-12)16(17(22)23)15-8-19-10-27-18(24)13(19)3-2-5-20(19,25)28-15/h4,6,9,13-15,21,25H,2-3,5,7-8,10H2,1H3,(H,22,23)/t13-,14+,15-,19+,20+/m1/s1. The average Bonchev–Trinajstić information content (AvgIpc) is 3.31. The largest absolute Gasteiger partial charge is 0.478 e. The molecule has 8 nitrogen and oxygen atoms in total. The van der Waals surface area contributed by atoms with Crippen molar-refractivity contribution in [1.82, 2.24) is 0 Å². The van der Waals surface area contributed by atoms with E-state index in [1.165, 1.54) is 12.5 Å². The molecule has 1 spiro atoms. The van der Waals surface area contributed by atoms with Crippen molar-refractivity contribution >= 4 is 11.9 Å².